The number of halogens is 2. The van der Waals surface area contributed by atoms with E-state index in [1.165, 1.54) is 12.3 Å². The molecule has 3 aromatic rings. The highest BCUT2D eigenvalue weighted by Crippen LogP contribution is 2.37. The Morgan fingerprint density at radius 3 is 2.93 bits per heavy atom. The third kappa shape index (κ3) is 3.86. The van der Waals surface area contributed by atoms with Crippen molar-refractivity contribution in [3.8, 4) is 0 Å². The molecule has 3 heterocycles. The van der Waals surface area contributed by atoms with Gasteiger partial charge in [0.05, 0.1) is 30.6 Å². The lowest BCUT2D eigenvalue weighted by atomic mass is 10.0. The second kappa shape index (κ2) is 8.37. The Labute approximate surface area is 171 Å². The van der Waals surface area contributed by atoms with Gasteiger partial charge in [0.25, 0.3) is 5.91 Å². The maximum atomic E-state index is 14.4. The standard InChI is InChI=1S/C21H22F2N4O3/c22-13-3-5-17(23)16(8-13)18-2-1-7-26(18)14-4-6-20-24-10-19(27(20)11-14)21(30)25-9-15(29)12-28/h3-6,8,10-11,15,18,28-29H,1-2,7,9,12H2,(H,25,30)/t15-,18?/m0/s1. The van der Waals surface area contributed by atoms with Crippen LogP contribution in [0, 0.1) is 11.6 Å². The summed E-state index contributed by atoms with van der Waals surface area (Å²) in [6.45, 7) is 0.130. The Hall–Kier alpha value is -3.04. The fraction of sp³-hybridized carbons (Fsp3) is 0.333. The molecular weight excluding hydrogens is 394 g/mol. The number of nitrogens with zero attached hydrogens (tertiary/aromatic N) is 3. The van der Waals surface area contributed by atoms with E-state index in [2.05, 4.69) is 10.3 Å². The van der Waals surface area contributed by atoms with Crippen molar-refractivity contribution in [3.63, 3.8) is 0 Å². The number of aliphatic hydroxyl groups is 2. The van der Waals surface area contributed by atoms with Crippen molar-refractivity contribution in [1.82, 2.24) is 14.7 Å². The van der Waals surface area contributed by atoms with Crippen LogP contribution in [0.4, 0.5) is 14.5 Å². The van der Waals surface area contributed by atoms with Crippen LogP contribution in [0.3, 0.4) is 0 Å². The number of hydrogen-bond donors (Lipinski definition) is 3. The smallest absolute Gasteiger partial charge is 0.270 e. The van der Waals surface area contributed by atoms with Gasteiger partial charge in [0.15, 0.2) is 0 Å². The quantitative estimate of drug-likeness (QED) is 0.572. The molecule has 1 aliphatic heterocycles. The first kappa shape index (κ1) is 20.2. The predicted molar refractivity (Wildman–Crippen MR) is 106 cm³/mol. The molecule has 158 valence electrons. The molecule has 2 aromatic heterocycles. The molecule has 9 heteroatoms. The van der Waals surface area contributed by atoms with E-state index in [-0.39, 0.29) is 18.3 Å². The third-order valence-electron chi connectivity index (χ3n) is 5.33. The number of benzene rings is 1. The van der Waals surface area contributed by atoms with Gasteiger partial charge in [-0.15, -0.1) is 0 Å². The average Bonchev–Trinajstić information content (AvgIpc) is 3.40. The molecule has 0 spiro atoms. The highest BCUT2D eigenvalue weighted by molar-refractivity contribution is 5.93. The van der Waals surface area contributed by atoms with E-state index in [0.29, 0.717) is 24.2 Å². The molecule has 0 radical (unpaired) electrons. The summed E-state index contributed by atoms with van der Waals surface area (Å²) in [5.41, 5.74) is 1.90. The molecule has 4 rings (SSSR count). The largest absolute Gasteiger partial charge is 0.394 e. The number of carbonyl (C=O) groups excluding carboxylic acids is 1. The van der Waals surface area contributed by atoms with Gasteiger partial charge in [0.2, 0.25) is 0 Å². The minimum atomic E-state index is -1.05. The minimum Gasteiger partial charge on any atom is -0.394 e. The first-order chi connectivity index (χ1) is 14.5. The molecule has 0 bridgehead atoms. The SMILES string of the molecule is O=C(NC[C@H](O)CO)c1cnc2ccc(N3CCCC3c3cc(F)ccc3F)cn12. The number of nitrogens with one attached hydrogen (secondary N) is 1. The van der Waals surface area contributed by atoms with Crippen molar-refractivity contribution in [2.45, 2.75) is 25.0 Å². The molecule has 1 aliphatic rings. The summed E-state index contributed by atoms with van der Waals surface area (Å²) in [7, 11) is 0. The van der Waals surface area contributed by atoms with Crippen molar-refractivity contribution in [3.05, 3.63) is 65.6 Å². The van der Waals surface area contributed by atoms with Crippen LogP contribution in [0.15, 0.2) is 42.7 Å². The van der Waals surface area contributed by atoms with E-state index >= 15 is 0 Å². The number of anilines is 1. The van der Waals surface area contributed by atoms with Crippen molar-refractivity contribution in [2.24, 2.45) is 0 Å². The fourth-order valence-corrected chi connectivity index (χ4v) is 3.84. The second-order valence-corrected chi connectivity index (χ2v) is 7.32. The molecule has 1 amide bonds. The Kier molecular flexibility index (Phi) is 5.65. The maximum absolute atomic E-state index is 14.4. The lowest BCUT2D eigenvalue weighted by molar-refractivity contribution is 0.0798. The van der Waals surface area contributed by atoms with E-state index in [0.717, 1.165) is 24.2 Å². The van der Waals surface area contributed by atoms with Gasteiger partial charge in [0.1, 0.15) is 23.0 Å². The molecule has 30 heavy (non-hydrogen) atoms. The lowest BCUT2D eigenvalue weighted by Crippen LogP contribution is -2.34. The number of aromatic nitrogens is 2. The molecule has 0 saturated carbocycles. The van der Waals surface area contributed by atoms with E-state index < -0.39 is 30.3 Å². The van der Waals surface area contributed by atoms with Crippen LogP contribution in [0.2, 0.25) is 0 Å². The minimum absolute atomic E-state index is 0.0880. The van der Waals surface area contributed by atoms with Crippen molar-refractivity contribution < 1.29 is 23.8 Å². The number of hydrogen-bond acceptors (Lipinski definition) is 5. The van der Waals surface area contributed by atoms with Gasteiger partial charge in [-0.1, -0.05) is 0 Å². The van der Waals surface area contributed by atoms with Crippen LogP contribution in [-0.4, -0.2) is 51.3 Å². The number of rotatable bonds is 6. The molecule has 2 atom stereocenters. The Morgan fingerprint density at radius 2 is 2.13 bits per heavy atom. The Bertz CT molecular complexity index is 1070. The van der Waals surface area contributed by atoms with Crippen LogP contribution in [-0.2, 0) is 0 Å². The molecule has 0 aliphatic carbocycles. The monoisotopic (exact) mass is 416 g/mol. The zero-order valence-electron chi connectivity index (χ0n) is 16.1. The summed E-state index contributed by atoms with van der Waals surface area (Å²) in [5.74, 6) is -1.37. The first-order valence-electron chi connectivity index (χ1n) is 9.73. The molecule has 1 saturated heterocycles. The van der Waals surface area contributed by atoms with E-state index in [4.69, 9.17) is 5.11 Å². The van der Waals surface area contributed by atoms with E-state index in [1.807, 2.05) is 11.0 Å². The molecule has 1 unspecified atom stereocenters. The molecule has 7 nitrogen and oxygen atoms in total. The molecule has 3 N–H and O–H groups in total. The summed E-state index contributed by atoms with van der Waals surface area (Å²) >= 11 is 0. The van der Waals surface area contributed by atoms with Gasteiger partial charge in [-0.3, -0.25) is 9.20 Å². The first-order valence-corrected chi connectivity index (χ1v) is 9.73. The predicted octanol–water partition coefficient (Wildman–Crippen LogP) is 2.04. The van der Waals surface area contributed by atoms with E-state index in [9.17, 15) is 18.7 Å². The topological polar surface area (TPSA) is 90.1 Å². The van der Waals surface area contributed by atoms with Crippen LogP contribution in [0.5, 0.6) is 0 Å². The zero-order chi connectivity index (χ0) is 21.3. The lowest BCUT2D eigenvalue weighted by Gasteiger charge is -2.27. The summed E-state index contributed by atoms with van der Waals surface area (Å²) in [6, 6.07) is 6.77. The summed E-state index contributed by atoms with van der Waals surface area (Å²) < 4.78 is 29.7. The summed E-state index contributed by atoms with van der Waals surface area (Å²) in [5, 5.41) is 20.9. The third-order valence-corrected chi connectivity index (χ3v) is 5.33. The van der Waals surface area contributed by atoms with Crippen molar-refractivity contribution in [1.29, 1.82) is 0 Å². The van der Waals surface area contributed by atoms with Gasteiger partial charge in [0, 0.05) is 24.8 Å². The van der Waals surface area contributed by atoms with Gasteiger partial charge in [-0.05, 0) is 43.2 Å². The van der Waals surface area contributed by atoms with Gasteiger partial charge in [-0.25, -0.2) is 13.8 Å². The Balaban J connectivity index is 1.64. The fourth-order valence-electron chi connectivity index (χ4n) is 3.84. The van der Waals surface area contributed by atoms with Crippen molar-refractivity contribution in [2.75, 3.05) is 24.6 Å². The van der Waals surface area contributed by atoms with Crippen LogP contribution >= 0.6 is 0 Å². The highest BCUT2D eigenvalue weighted by atomic mass is 19.1. The summed E-state index contributed by atoms with van der Waals surface area (Å²) in [6.07, 6.45) is 3.64. The maximum Gasteiger partial charge on any atom is 0.270 e. The number of pyridine rings is 1. The average molecular weight is 416 g/mol. The highest BCUT2D eigenvalue weighted by Gasteiger charge is 2.29. The summed E-state index contributed by atoms with van der Waals surface area (Å²) in [4.78, 5) is 18.7. The molecule has 1 aromatic carbocycles. The van der Waals surface area contributed by atoms with Gasteiger partial charge >= 0.3 is 0 Å². The second-order valence-electron chi connectivity index (χ2n) is 7.32. The Morgan fingerprint density at radius 1 is 1.30 bits per heavy atom. The van der Waals surface area contributed by atoms with Crippen LogP contribution < -0.4 is 10.2 Å². The van der Waals surface area contributed by atoms with Crippen molar-refractivity contribution >= 4 is 17.2 Å². The molecular formula is C21H22F2N4O3. The number of carbonyl (C=O) groups is 1. The number of imidazole rings is 1. The van der Waals surface area contributed by atoms with Gasteiger partial charge in [-0.2, -0.15) is 0 Å². The van der Waals surface area contributed by atoms with E-state index in [1.54, 1.807) is 16.7 Å². The number of amides is 1. The zero-order valence-corrected chi connectivity index (χ0v) is 16.1. The van der Waals surface area contributed by atoms with Gasteiger partial charge < -0.3 is 20.4 Å². The normalized spacial score (nSPS) is 17.5. The number of aliphatic hydroxyl groups excluding tert-OH is 2. The van der Waals surface area contributed by atoms with Crippen LogP contribution in [0.1, 0.15) is 34.9 Å². The molecule has 1 fully saturated rings. The number of fused-ring (bicyclic) bond motifs is 1. The van der Waals surface area contributed by atoms with Crippen LogP contribution in [0.25, 0.3) is 5.65 Å².